The van der Waals surface area contributed by atoms with Crippen LogP contribution in [0.15, 0.2) is 16.6 Å². The maximum Gasteiger partial charge on any atom is 0.191 e. The van der Waals surface area contributed by atoms with Gasteiger partial charge in [0.2, 0.25) is 0 Å². The number of aliphatic imine (C=N–C) groups is 1. The Labute approximate surface area is 164 Å². The third-order valence-corrected chi connectivity index (χ3v) is 5.30. The van der Waals surface area contributed by atoms with Gasteiger partial charge < -0.3 is 20.3 Å². The normalized spacial score (nSPS) is 21.0. The summed E-state index contributed by atoms with van der Waals surface area (Å²) >= 11 is 0. The molecule has 140 valence electrons. The number of allylic oxidation sites excluding steroid dienone is 1. The average Bonchev–Trinajstić information content (AvgIpc) is 2.59. The number of guanidine groups is 1. The molecule has 1 fully saturated rings. The van der Waals surface area contributed by atoms with Crippen molar-refractivity contribution >= 4 is 29.9 Å². The Kier molecular flexibility index (Phi) is 10.2. The zero-order valence-electron chi connectivity index (χ0n) is 15.6. The van der Waals surface area contributed by atoms with E-state index in [0.29, 0.717) is 0 Å². The fourth-order valence-corrected chi connectivity index (χ4v) is 3.48. The van der Waals surface area contributed by atoms with E-state index in [9.17, 15) is 0 Å². The molecular weight excluding hydrogens is 415 g/mol. The summed E-state index contributed by atoms with van der Waals surface area (Å²) in [5, 5.41) is 6.98. The van der Waals surface area contributed by atoms with Crippen LogP contribution in [0.25, 0.3) is 0 Å². The molecule has 0 aromatic carbocycles. The molecule has 0 amide bonds. The van der Waals surface area contributed by atoms with Crippen LogP contribution in [0.4, 0.5) is 0 Å². The number of nitrogens with zero attached hydrogens (tertiary/aromatic N) is 2. The van der Waals surface area contributed by atoms with E-state index in [1.54, 1.807) is 5.57 Å². The smallest absolute Gasteiger partial charge is 0.191 e. The van der Waals surface area contributed by atoms with Crippen molar-refractivity contribution in [2.24, 2.45) is 4.99 Å². The minimum Gasteiger partial charge on any atom is -0.381 e. The number of nitrogens with one attached hydrogen (secondary N) is 2. The molecule has 0 atom stereocenters. The zero-order chi connectivity index (χ0) is 16.5. The fraction of sp³-hybridized carbons (Fsp3) is 0.833. The van der Waals surface area contributed by atoms with Crippen LogP contribution >= 0.6 is 24.0 Å². The van der Waals surface area contributed by atoms with Crippen molar-refractivity contribution in [2.45, 2.75) is 50.5 Å². The lowest BCUT2D eigenvalue weighted by molar-refractivity contribution is -0.00501. The summed E-state index contributed by atoms with van der Waals surface area (Å²) in [5.74, 6) is 0.911. The lowest BCUT2D eigenvalue weighted by Gasteiger charge is -2.43. The van der Waals surface area contributed by atoms with Crippen LogP contribution < -0.4 is 10.6 Å². The Morgan fingerprint density at radius 2 is 2.00 bits per heavy atom. The number of rotatable bonds is 6. The first-order valence-corrected chi connectivity index (χ1v) is 9.04. The van der Waals surface area contributed by atoms with Gasteiger partial charge in [0.25, 0.3) is 0 Å². The topological polar surface area (TPSA) is 48.9 Å². The molecule has 1 saturated heterocycles. The Morgan fingerprint density at radius 1 is 1.25 bits per heavy atom. The molecule has 0 unspecified atom stereocenters. The van der Waals surface area contributed by atoms with Gasteiger partial charge in [0, 0.05) is 38.9 Å². The van der Waals surface area contributed by atoms with Gasteiger partial charge in [-0.3, -0.25) is 4.99 Å². The molecule has 6 heteroatoms. The van der Waals surface area contributed by atoms with Crippen molar-refractivity contribution in [3.8, 4) is 0 Å². The molecule has 2 aliphatic rings. The van der Waals surface area contributed by atoms with E-state index in [0.717, 1.165) is 51.5 Å². The fourth-order valence-electron chi connectivity index (χ4n) is 3.48. The second-order valence-electron chi connectivity index (χ2n) is 6.94. The zero-order valence-corrected chi connectivity index (χ0v) is 17.9. The highest BCUT2D eigenvalue weighted by Gasteiger charge is 2.34. The monoisotopic (exact) mass is 450 g/mol. The van der Waals surface area contributed by atoms with Crippen LogP contribution in [-0.2, 0) is 4.74 Å². The number of ether oxygens (including phenoxy) is 1. The highest BCUT2D eigenvalue weighted by molar-refractivity contribution is 14.0. The minimum atomic E-state index is 0. The van der Waals surface area contributed by atoms with Crippen molar-refractivity contribution in [2.75, 3.05) is 47.4 Å². The van der Waals surface area contributed by atoms with Crippen molar-refractivity contribution in [3.05, 3.63) is 11.6 Å². The Hall–Kier alpha value is -0.340. The van der Waals surface area contributed by atoms with Crippen molar-refractivity contribution in [3.63, 3.8) is 0 Å². The highest BCUT2D eigenvalue weighted by atomic mass is 127. The van der Waals surface area contributed by atoms with E-state index in [2.05, 4.69) is 40.7 Å². The van der Waals surface area contributed by atoms with Gasteiger partial charge in [0.15, 0.2) is 5.96 Å². The molecule has 1 aliphatic carbocycles. The Balaban J connectivity index is 0.00000288. The number of hydrogen-bond acceptors (Lipinski definition) is 3. The first kappa shape index (κ1) is 21.7. The van der Waals surface area contributed by atoms with Gasteiger partial charge in [-0.25, -0.2) is 0 Å². The number of likely N-dealkylation sites (N-methyl/N-ethyl adjacent to an activating group) is 1. The molecule has 0 spiro atoms. The Bertz CT molecular complexity index is 417. The largest absolute Gasteiger partial charge is 0.381 e. The van der Waals surface area contributed by atoms with E-state index in [1.165, 1.54) is 25.7 Å². The predicted molar refractivity (Wildman–Crippen MR) is 112 cm³/mol. The van der Waals surface area contributed by atoms with Gasteiger partial charge in [0.05, 0.1) is 0 Å². The summed E-state index contributed by atoms with van der Waals surface area (Å²) in [4.78, 5) is 6.71. The lowest BCUT2D eigenvalue weighted by Crippen LogP contribution is -2.57. The standard InChI is InChI=1S/C18H34N4O.HI/c1-19-17(20-12-9-16-7-5-4-6-8-16)21-15-18(22(2)3)10-13-23-14-11-18;/h7H,4-6,8-15H2,1-3H3,(H2,19,20,21);1H. The molecule has 0 aromatic rings. The van der Waals surface area contributed by atoms with Crippen LogP contribution in [0.5, 0.6) is 0 Å². The summed E-state index contributed by atoms with van der Waals surface area (Å²) in [6, 6.07) is 0. The first-order chi connectivity index (χ1) is 11.2. The van der Waals surface area contributed by atoms with E-state index in [1.807, 2.05) is 7.05 Å². The van der Waals surface area contributed by atoms with Gasteiger partial charge in [0.1, 0.15) is 0 Å². The van der Waals surface area contributed by atoms with E-state index in [-0.39, 0.29) is 29.5 Å². The molecule has 0 saturated carbocycles. The molecule has 2 N–H and O–H groups in total. The molecular formula is C18H35IN4O. The second-order valence-corrected chi connectivity index (χ2v) is 6.94. The first-order valence-electron chi connectivity index (χ1n) is 9.04. The van der Waals surface area contributed by atoms with E-state index in [4.69, 9.17) is 4.74 Å². The van der Waals surface area contributed by atoms with Gasteiger partial charge in [-0.15, -0.1) is 24.0 Å². The lowest BCUT2D eigenvalue weighted by atomic mass is 9.88. The van der Waals surface area contributed by atoms with E-state index < -0.39 is 0 Å². The van der Waals surface area contributed by atoms with Crippen LogP contribution in [0.3, 0.4) is 0 Å². The molecule has 1 aliphatic heterocycles. The summed E-state index contributed by atoms with van der Waals surface area (Å²) in [6.07, 6.45) is 10.9. The second kappa shape index (κ2) is 11.3. The quantitative estimate of drug-likeness (QED) is 0.283. The maximum absolute atomic E-state index is 5.53. The predicted octanol–water partition coefficient (Wildman–Crippen LogP) is 2.77. The molecule has 2 rings (SSSR count). The Morgan fingerprint density at radius 3 is 2.58 bits per heavy atom. The van der Waals surface area contributed by atoms with Gasteiger partial charge in [-0.2, -0.15) is 0 Å². The molecule has 0 aromatic heterocycles. The van der Waals surface area contributed by atoms with Gasteiger partial charge >= 0.3 is 0 Å². The minimum absolute atomic E-state index is 0. The average molecular weight is 450 g/mol. The summed E-state index contributed by atoms with van der Waals surface area (Å²) in [7, 11) is 6.18. The third-order valence-electron chi connectivity index (χ3n) is 5.30. The third kappa shape index (κ3) is 6.52. The molecule has 0 radical (unpaired) electrons. The number of halogens is 1. The van der Waals surface area contributed by atoms with E-state index >= 15 is 0 Å². The summed E-state index contributed by atoms with van der Waals surface area (Å²) in [6.45, 7) is 3.56. The molecule has 0 bridgehead atoms. The summed E-state index contributed by atoms with van der Waals surface area (Å²) < 4.78 is 5.53. The maximum atomic E-state index is 5.53. The van der Waals surface area contributed by atoms with Crippen molar-refractivity contribution < 1.29 is 4.74 Å². The molecule has 24 heavy (non-hydrogen) atoms. The van der Waals surface area contributed by atoms with Crippen LogP contribution in [-0.4, -0.2) is 63.8 Å². The van der Waals surface area contributed by atoms with Gasteiger partial charge in [-0.1, -0.05) is 11.6 Å². The molecule has 1 heterocycles. The van der Waals surface area contributed by atoms with Crippen LogP contribution in [0, 0.1) is 0 Å². The number of hydrogen-bond donors (Lipinski definition) is 2. The van der Waals surface area contributed by atoms with Crippen molar-refractivity contribution in [1.29, 1.82) is 0 Å². The SMILES string of the molecule is CN=C(NCCC1=CCCCC1)NCC1(N(C)C)CCOCC1.I. The molecule has 5 nitrogen and oxygen atoms in total. The van der Waals surface area contributed by atoms with Crippen molar-refractivity contribution in [1.82, 2.24) is 15.5 Å². The van der Waals surface area contributed by atoms with Gasteiger partial charge in [-0.05, 0) is 59.0 Å². The summed E-state index contributed by atoms with van der Waals surface area (Å²) in [5.41, 5.74) is 1.77. The van der Waals surface area contributed by atoms with Crippen LogP contribution in [0.1, 0.15) is 44.9 Å². The van der Waals surface area contributed by atoms with Crippen LogP contribution in [0.2, 0.25) is 0 Å². The highest BCUT2D eigenvalue weighted by Crippen LogP contribution is 2.25.